The predicted octanol–water partition coefficient (Wildman–Crippen LogP) is 3.69. The minimum atomic E-state index is -0.858. The van der Waals surface area contributed by atoms with E-state index >= 15 is 0 Å². The molecule has 32 heavy (non-hydrogen) atoms. The van der Waals surface area contributed by atoms with Gasteiger partial charge < -0.3 is 19.9 Å². The molecule has 2 aliphatic heterocycles. The third kappa shape index (κ3) is 5.40. The molecule has 0 amide bonds. The van der Waals surface area contributed by atoms with Crippen molar-refractivity contribution in [1.29, 1.82) is 0 Å². The number of benzene rings is 1. The van der Waals surface area contributed by atoms with Crippen molar-refractivity contribution in [1.82, 2.24) is 9.88 Å². The van der Waals surface area contributed by atoms with Gasteiger partial charge in [-0.05, 0) is 56.7 Å². The zero-order valence-electron chi connectivity index (χ0n) is 18.8. The largest absolute Gasteiger partial charge is 0.496 e. The number of unbranched alkanes of at least 4 members (excludes halogenated alkanes) is 1. The molecule has 1 fully saturated rings. The Bertz CT molecular complexity index is 920. The molecule has 1 saturated heterocycles. The maximum Gasteiger partial charge on any atom is 0.325 e. The molecule has 0 spiro atoms. The Hall–Kier alpha value is -2.64. The van der Waals surface area contributed by atoms with Crippen LogP contribution in [0.5, 0.6) is 5.75 Å². The number of carboxylic acids is 1. The Kier molecular flexibility index (Phi) is 7.60. The van der Waals surface area contributed by atoms with Gasteiger partial charge in [-0.2, -0.15) is 0 Å². The number of pyridine rings is 1. The highest BCUT2D eigenvalue weighted by molar-refractivity contribution is 5.76. The molecule has 0 saturated carbocycles. The van der Waals surface area contributed by atoms with Crippen molar-refractivity contribution >= 4 is 11.7 Å². The summed E-state index contributed by atoms with van der Waals surface area (Å²) < 4.78 is 11.5. The second kappa shape index (κ2) is 10.8. The van der Waals surface area contributed by atoms with Crippen molar-refractivity contribution in [2.45, 2.75) is 50.7 Å². The smallest absolute Gasteiger partial charge is 0.325 e. The van der Waals surface area contributed by atoms with Gasteiger partial charge in [0, 0.05) is 37.5 Å². The summed E-state index contributed by atoms with van der Waals surface area (Å²) in [5.74, 6) is -0.251. The highest BCUT2D eigenvalue weighted by atomic mass is 16.5. The van der Waals surface area contributed by atoms with E-state index in [0.717, 1.165) is 50.8 Å². The van der Waals surface area contributed by atoms with Crippen molar-refractivity contribution in [3.8, 4) is 5.75 Å². The minimum absolute atomic E-state index is 0.0690. The number of aryl methyl sites for hydroxylation is 2. The molecule has 4 rings (SSSR count). The maximum absolute atomic E-state index is 12.0. The number of likely N-dealkylation sites (tertiary alicyclic amines) is 1. The summed E-state index contributed by atoms with van der Waals surface area (Å²) in [6.07, 6.45) is 6.09. The van der Waals surface area contributed by atoms with Crippen LogP contribution in [0.1, 0.15) is 48.7 Å². The van der Waals surface area contributed by atoms with E-state index in [1.807, 2.05) is 29.2 Å². The molecule has 1 aromatic carbocycles. The van der Waals surface area contributed by atoms with Gasteiger partial charge in [-0.25, -0.2) is 0 Å². The lowest BCUT2D eigenvalue weighted by molar-refractivity contribution is -0.143. The van der Waals surface area contributed by atoms with Gasteiger partial charge in [-0.3, -0.25) is 14.7 Å². The summed E-state index contributed by atoms with van der Waals surface area (Å²) in [7, 11) is 1.57. The molecule has 2 aliphatic rings. The Balaban J connectivity index is 1.22. The van der Waals surface area contributed by atoms with Crippen LogP contribution in [0.25, 0.3) is 0 Å². The second-order valence-corrected chi connectivity index (χ2v) is 8.54. The van der Waals surface area contributed by atoms with Crippen LogP contribution >= 0.6 is 0 Å². The van der Waals surface area contributed by atoms with E-state index in [4.69, 9.17) is 14.5 Å². The number of ether oxygens (including phenoxy) is 2. The van der Waals surface area contributed by atoms with Crippen LogP contribution in [0.15, 0.2) is 36.4 Å². The minimum Gasteiger partial charge on any atom is -0.496 e. The van der Waals surface area contributed by atoms with Crippen LogP contribution in [0, 0.1) is 0 Å². The van der Waals surface area contributed by atoms with Gasteiger partial charge in [0.2, 0.25) is 0 Å². The summed E-state index contributed by atoms with van der Waals surface area (Å²) in [4.78, 5) is 18.8. The first-order valence-corrected chi connectivity index (χ1v) is 11.6. The molecular formula is C25H33N3O4. The van der Waals surface area contributed by atoms with E-state index in [2.05, 4.69) is 17.4 Å². The highest BCUT2D eigenvalue weighted by Crippen LogP contribution is 2.32. The lowest BCUT2D eigenvalue weighted by atomic mass is 10.0. The van der Waals surface area contributed by atoms with Crippen LogP contribution in [0.4, 0.5) is 5.69 Å². The van der Waals surface area contributed by atoms with Crippen molar-refractivity contribution in [2.75, 3.05) is 38.7 Å². The van der Waals surface area contributed by atoms with Gasteiger partial charge >= 0.3 is 5.97 Å². The number of anilines is 1. The normalized spacial score (nSPS) is 19.2. The van der Waals surface area contributed by atoms with Crippen LogP contribution in [0.3, 0.4) is 0 Å². The summed E-state index contributed by atoms with van der Waals surface area (Å²) in [6.45, 7) is 3.05. The number of rotatable bonds is 10. The van der Waals surface area contributed by atoms with Crippen LogP contribution in [-0.4, -0.2) is 60.4 Å². The van der Waals surface area contributed by atoms with Crippen molar-refractivity contribution in [3.05, 3.63) is 53.3 Å². The third-order valence-electron chi connectivity index (χ3n) is 6.33. The first-order valence-electron chi connectivity index (χ1n) is 11.6. The molecule has 1 aromatic heterocycles. The van der Waals surface area contributed by atoms with E-state index in [1.165, 1.54) is 11.4 Å². The van der Waals surface area contributed by atoms with Crippen molar-refractivity contribution in [3.63, 3.8) is 0 Å². The number of fused-ring (bicyclic) bond motifs is 1. The van der Waals surface area contributed by atoms with Crippen LogP contribution in [0.2, 0.25) is 0 Å². The molecule has 172 valence electrons. The van der Waals surface area contributed by atoms with E-state index in [-0.39, 0.29) is 6.10 Å². The fourth-order valence-corrected chi connectivity index (χ4v) is 4.68. The van der Waals surface area contributed by atoms with Gasteiger partial charge in [0.05, 0.1) is 24.6 Å². The number of aliphatic carboxylic acids is 1. The first kappa shape index (κ1) is 22.6. The zero-order valence-corrected chi connectivity index (χ0v) is 18.8. The Labute approximate surface area is 189 Å². The van der Waals surface area contributed by atoms with Gasteiger partial charge in [0.15, 0.2) is 0 Å². The number of nitrogens with one attached hydrogen (secondary N) is 1. The monoisotopic (exact) mass is 439 g/mol. The molecule has 2 N–H and O–H groups in total. The molecule has 2 aromatic rings. The van der Waals surface area contributed by atoms with Crippen LogP contribution in [-0.2, 0) is 22.4 Å². The standard InChI is InChI=1S/C25H33N3O4/c1-31-23-10-3-2-8-20(23)24(25(29)30)28-15-13-19(17-28)32-16-5-4-7-18-11-12-21-22(27-18)9-6-14-26-21/h2-3,8,10-12,19,24,26H,4-7,9,13-17H2,1H3,(H,29,30)/t19-,24?/m1/s1. The fourth-order valence-electron chi connectivity index (χ4n) is 4.68. The number of carboxylic acid groups (broad SMARTS) is 1. The first-order chi connectivity index (χ1) is 15.7. The van der Waals surface area contributed by atoms with E-state index in [0.29, 0.717) is 31.0 Å². The Morgan fingerprint density at radius 2 is 2.16 bits per heavy atom. The van der Waals surface area contributed by atoms with Gasteiger partial charge in [0.25, 0.3) is 0 Å². The van der Waals surface area contributed by atoms with Crippen LogP contribution < -0.4 is 10.1 Å². The molecule has 3 heterocycles. The molecule has 0 bridgehead atoms. The number of nitrogens with zero attached hydrogens (tertiary/aromatic N) is 2. The number of aromatic nitrogens is 1. The second-order valence-electron chi connectivity index (χ2n) is 8.54. The molecule has 7 nitrogen and oxygen atoms in total. The Morgan fingerprint density at radius 1 is 1.28 bits per heavy atom. The Morgan fingerprint density at radius 3 is 3.00 bits per heavy atom. The number of carbonyl (C=O) groups is 1. The quantitative estimate of drug-likeness (QED) is 0.546. The summed E-state index contributed by atoms with van der Waals surface area (Å²) in [6, 6.07) is 10.9. The summed E-state index contributed by atoms with van der Waals surface area (Å²) in [5, 5.41) is 13.3. The highest BCUT2D eigenvalue weighted by Gasteiger charge is 2.35. The topological polar surface area (TPSA) is 83.9 Å². The summed E-state index contributed by atoms with van der Waals surface area (Å²) in [5.41, 5.74) is 4.22. The van der Waals surface area contributed by atoms with Crippen molar-refractivity contribution in [2.24, 2.45) is 0 Å². The van der Waals surface area contributed by atoms with Gasteiger partial charge in [0.1, 0.15) is 11.8 Å². The lowest BCUT2D eigenvalue weighted by Crippen LogP contribution is -2.33. The summed E-state index contributed by atoms with van der Waals surface area (Å²) >= 11 is 0. The fraction of sp³-hybridized carbons (Fsp3) is 0.520. The maximum atomic E-state index is 12.0. The van der Waals surface area contributed by atoms with Crippen molar-refractivity contribution < 1.29 is 19.4 Å². The van der Waals surface area contributed by atoms with Gasteiger partial charge in [-0.1, -0.05) is 18.2 Å². The molecule has 0 aliphatic carbocycles. The molecule has 1 unspecified atom stereocenters. The number of methoxy groups -OCH3 is 1. The average molecular weight is 440 g/mol. The molecule has 7 heteroatoms. The van der Waals surface area contributed by atoms with E-state index in [1.54, 1.807) is 7.11 Å². The average Bonchev–Trinajstić information content (AvgIpc) is 3.27. The number of para-hydroxylation sites is 1. The number of hydrogen-bond donors (Lipinski definition) is 2. The number of hydrogen-bond acceptors (Lipinski definition) is 6. The molecule has 0 radical (unpaired) electrons. The van der Waals surface area contributed by atoms with E-state index in [9.17, 15) is 9.90 Å². The molecule has 2 atom stereocenters. The van der Waals surface area contributed by atoms with E-state index < -0.39 is 12.0 Å². The van der Waals surface area contributed by atoms with Gasteiger partial charge in [-0.15, -0.1) is 0 Å². The third-order valence-corrected chi connectivity index (χ3v) is 6.33. The lowest BCUT2D eigenvalue weighted by Gasteiger charge is -2.25. The predicted molar refractivity (Wildman–Crippen MR) is 123 cm³/mol. The SMILES string of the molecule is COc1ccccc1C(C(=O)O)N1CC[C@@H](OCCCCc2ccc3c(n2)CCCN3)C1. The molecular weight excluding hydrogens is 406 g/mol. The zero-order chi connectivity index (χ0) is 22.3.